The van der Waals surface area contributed by atoms with Crippen LogP contribution in [0.2, 0.25) is 0 Å². The Morgan fingerprint density at radius 3 is 1.12 bits per heavy atom. The molecule has 12 N–H and O–H groups in total. The summed E-state index contributed by atoms with van der Waals surface area (Å²) in [5.74, 6) is -0.297. The summed E-state index contributed by atoms with van der Waals surface area (Å²) in [6.45, 7) is 1.43. The first kappa shape index (κ1) is 86.2. The van der Waals surface area contributed by atoms with Gasteiger partial charge < -0.3 is 89.9 Å². The molecule has 19 heteroatoms. The molecule has 3 saturated heterocycles. The van der Waals surface area contributed by atoms with E-state index in [1.165, 1.54) is 70.6 Å². The molecule has 3 fully saturated rings. The highest BCUT2D eigenvalue weighted by atomic mass is 16.8. The van der Waals surface area contributed by atoms with Crippen LogP contribution >= 0.6 is 0 Å². The highest BCUT2D eigenvalue weighted by Crippen LogP contribution is 2.33. The number of unbranched alkanes of at least 4 members (excludes halogenated alkanes) is 18. The van der Waals surface area contributed by atoms with Crippen molar-refractivity contribution in [1.29, 1.82) is 0 Å². The Kier molecular flexibility index (Phi) is 50.8. The molecular weight excluding hydrogens is 1230 g/mol. The number of ether oxygens (including phenoxy) is 6. The second kappa shape index (κ2) is 56.7. The van der Waals surface area contributed by atoms with E-state index < -0.39 is 124 Å². The summed E-state index contributed by atoms with van der Waals surface area (Å²) in [5, 5.41) is 120. The molecule has 0 aromatic carbocycles. The zero-order chi connectivity index (χ0) is 69.6. The number of rotatable bonds is 54. The Hall–Kier alpha value is -4.07. The summed E-state index contributed by atoms with van der Waals surface area (Å²) >= 11 is 0. The maximum Gasteiger partial charge on any atom is 0.220 e. The van der Waals surface area contributed by atoms with Gasteiger partial charge in [-0.05, 0) is 103 Å². The Balaban J connectivity index is 1.28. The maximum atomic E-state index is 13.4. The highest BCUT2D eigenvalue weighted by Gasteiger charge is 2.53. The minimum atomic E-state index is -1.99. The molecule has 548 valence electrons. The lowest BCUT2D eigenvalue weighted by atomic mass is 9.96. The zero-order valence-corrected chi connectivity index (χ0v) is 58.0. The molecule has 19 nitrogen and oxygen atoms in total. The van der Waals surface area contributed by atoms with Crippen LogP contribution in [0.25, 0.3) is 0 Å². The van der Waals surface area contributed by atoms with E-state index in [9.17, 15) is 61.0 Å². The van der Waals surface area contributed by atoms with E-state index in [-0.39, 0.29) is 18.9 Å². The minimum absolute atomic E-state index is 0.225. The van der Waals surface area contributed by atoms with Crippen LogP contribution in [-0.2, 0) is 33.2 Å². The van der Waals surface area contributed by atoms with E-state index in [0.29, 0.717) is 12.8 Å². The fraction of sp³-hybridized carbons (Fsp3) is 0.701. The van der Waals surface area contributed by atoms with E-state index in [1.807, 2.05) is 6.08 Å². The van der Waals surface area contributed by atoms with Crippen molar-refractivity contribution in [3.63, 3.8) is 0 Å². The highest BCUT2D eigenvalue weighted by molar-refractivity contribution is 5.76. The number of hydrogen-bond donors (Lipinski definition) is 12. The van der Waals surface area contributed by atoms with Crippen molar-refractivity contribution in [2.45, 2.75) is 317 Å². The summed E-state index contributed by atoms with van der Waals surface area (Å²) < 4.78 is 34.2. The van der Waals surface area contributed by atoms with Gasteiger partial charge in [0, 0.05) is 6.42 Å². The standard InChI is InChI=1S/C77H127NO18/c1-3-5-7-9-11-13-15-16-17-18-19-20-21-22-23-24-25-26-27-28-29-30-31-32-33-34-35-36-37-38-39-40-41-42-43-44-45-47-49-51-53-55-65(83)78-60(61(82)54-52-50-48-46-14-12-10-8-6-4-2)59-91-75-71(89)68(86)73(63(57-80)93-75)96-77-72(90)69(87)74(64(58-81)94-77)95-76-70(88)67(85)66(84)62(56-79)92-76/h5-8,11,13-14,16-17,19-20,22-23,25-26,28-29,31-32,46,52,54,60-64,66-77,79-82,84-90H,3-4,9-10,12,15,18,21,24,27,30,33-45,47-51,53,55-59H2,1-2H3,(H,78,83)/b7-5-,8-6+,13-11-,17-16-,20-19-,23-22-,26-25-,29-28-,32-31-,46-14+,54-52+. The van der Waals surface area contributed by atoms with E-state index in [2.05, 4.69) is 141 Å². The lowest BCUT2D eigenvalue weighted by Crippen LogP contribution is -2.66. The molecule has 3 aliphatic heterocycles. The quantitative estimate of drug-likeness (QED) is 0.0199. The van der Waals surface area contributed by atoms with Gasteiger partial charge in [0.2, 0.25) is 5.91 Å². The molecule has 0 bridgehead atoms. The van der Waals surface area contributed by atoms with Crippen molar-refractivity contribution in [3.8, 4) is 0 Å². The fourth-order valence-electron chi connectivity index (χ4n) is 11.4. The Bertz CT molecular complexity index is 2260. The molecule has 3 aliphatic rings. The van der Waals surface area contributed by atoms with Gasteiger partial charge in [-0.25, -0.2) is 0 Å². The van der Waals surface area contributed by atoms with Crippen LogP contribution in [0.3, 0.4) is 0 Å². The van der Waals surface area contributed by atoms with Gasteiger partial charge in [-0.2, -0.15) is 0 Å². The average molecular weight is 1350 g/mol. The first-order chi connectivity index (χ1) is 46.8. The summed E-state index contributed by atoms with van der Waals surface area (Å²) in [4.78, 5) is 13.4. The number of amides is 1. The third-order valence-electron chi connectivity index (χ3n) is 17.2. The Labute approximate surface area is 575 Å². The third-order valence-corrected chi connectivity index (χ3v) is 17.2. The molecule has 17 unspecified atom stereocenters. The molecule has 0 aromatic heterocycles. The number of carbonyl (C=O) groups excluding carboxylic acids is 1. The number of allylic oxidation sites excluding steroid dienone is 21. The van der Waals surface area contributed by atoms with Gasteiger partial charge in [0.15, 0.2) is 18.9 Å². The second-order valence-electron chi connectivity index (χ2n) is 25.3. The minimum Gasteiger partial charge on any atom is -0.394 e. The van der Waals surface area contributed by atoms with Gasteiger partial charge in [0.25, 0.3) is 0 Å². The lowest BCUT2D eigenvalue weighted by Gasteiger charge is -2.48. The van der Waals surface area contributed by atoms with Crippen LogP contribution in [0.1, 0.15) is 213 Å². The van der Waals surface area contributed by atoms with E-state index in [0.717, 1.165) is 109 Å². The molecule has 1 amide bonds. The number of aliphatic hydroxyl groups is 11. The van der Waals surface area contributed by atoms with Crippen LogP contribution in [0.5, 0.6) is 0 Å². The smallest absolute Gasteiger partial charge is 0.220 e. The van der Waals surface area contributed by atoms with Crippen molar-refractivity contribution in [3.05, 3.63) is 134 Å². The van der Waals surface area contributed by atoms with Crippen LogP contribution in [0.4, 0.5) is 0 Å². The van der Waals surface area contributed by atoms with Crippen molar-refractivity contribution in [2.75, 3.05) is 26.4 Å². The van der Waals surface area contributed by atoms with Crippen LogP contribution in [0, 0.1) is 0 Å². The zero-order valence-electron chi connectivity index (χ0n) is 58.0. The van der Waals surface area contributed by atoms with Crippen molar-refractivity contribution >= 4 is 5.91 Å². The Morgan fingerprint density at radius 2 is 0.698 bits per heavy atom. The first-order valence-electron chi connectivity index (χ1n) is 36.4. The van der Waals surface area contributed by atoms with Crippen molar-refractivity contribution in [2.24, 2.45) is 0 Å². The molecule has 0 aromatic rings. The number of carbonyl (C=O) groups is 1. The third kappa shape index (κ3) is 37.4. The molecule has 0 aliphatic carbocycles. The van der Waals surface area contributed by atoms with Crippen molar-refractivity contribution < 1.29 is 89.4 Å². The van der Waals surface area contributed by atoms with Crippen molar-refractivity contribution in [1.82, 2.24) is 5.32 Å². The first-order valence-corrected chi connectivity index (χ1v) is 36.4. The topological polar surface area (TPSA) is 307 Å². The molecule has 96 heavy (non-hydrogen) atoms. The Morgan fingerprint density at radius 1 is 0.375 bits per heavy atom. The number of hydrogen-bond acceptors (Lipinski definition) is 18. The van der Waals surface area contributed by atoms with Gasteiger partial charge in [0.1, 0.15) is 73.2 Å². The normalized spacial score (nSPS) is 27.9. The maximum absolute atomic E-state index is 13.4. The van der Waals surface area contributed by atoms with Gasteiger partial charge in [-0.15, -0.1) is 0 Å². The summed E-state index contributed by atoms with van der Waals surface area (Å²) in [6, 6.07) is -1.00. The summed E-state index contributed by atoms with van der Waals surface area (Å²) in [6.07, 6.45) is 53.4. The molecule has 17 atom stereocenters. The van der Waals surface area contributed by atoms with E-state index >= 15 is 0 Å². The van der Waals surface area contributed by atoms with Gasteiger partial charge in [0.05, 0.1) is 38.6 Å². The fourth-order valence-corrected chi connectivity index (χ4v) is 11.4. The van der Waals surface area contributed by atoms with E-state index in [1.54, 1.807) is 6.08 Å². The molecular formula is C77H127NO18. The predicted molar refractivity (Wildman–Crippen MR) is 378 cm³/mol. The number of nitrogens with one attached hydrogen (secondary N) is 1. The second-order valence-corrected chi connectivity index (χ2v) is 25.3. The SMILES string of the molecule is CC/C=C\C/C=C\C/C=C\C/C=C\C/C=C\C/C=C\C/C=C\C/C=C\CCCCCCCCCCCCCCCCCCC(=O)NC(COC1OC(CO)C(OC2OC(CO)C(OC3OC(CO)C(O)C(O)C3O)C(O)C2O)C(O)C1O)C(O)/C=C/CC/C=C/CC/C=C/CC. The number of aliphatic hydroxyl groups excluding tert-OH is 11. The molecule has 0 spiro atoms. The van der Waals surface area contributed by atoms with Gasteiger partial charge in [-0.3, -0.25) is 4.79 Å². The van der Waals surface area contributed by atoms with E-state index in [4.69, 9.17) is 28.4 Å². The summed E-state index contributed by atoms with van der Waals surface area (Å²) in [7, 11) is 0. The monoisotopic (exact) mass is 1350 g/mol. The average Bonchev–Trinajstić information content (AvgIpc) is 0.849. The van der Waals surface area contributed by atoms with Crippen LogP contribution < -0.4 is 5.32 Å². The molecule has 0 saturated carbocycles. The van der Waals surface area contributed by atoms with Crippen LogP contribution in [-0.4, -0.2) is 193 Å². The largest absolute Gasteiger partial charge is 0.394 e. The molecule has 3 heterocycles. The van der Waals surface area contributed by atoms with Gasteiger partial charge in [-0.1, -0.05) is 237 Å². The lowest BCUT2D eigenvalue weighted by molar-refractivity contribution is -0.379. The molecule has 3 rings (SSSR count). The van der Waals surface area contributed by atoms with Crippen LogP contribution in [0.15, 0.2) is 134 Å². The predicted octanol–water partition coefficient (Wildman–Crippen LogP) is 10.5. The van der Waals surface area contributed by atoms with Gasteiger partial charge >= 0.3 is 0 Å². The summed E-state index contributed by atoms with van der Waals surface area (Å²) in [5.41, 5.74) is 0. The molecule has 0 radical (unpaired) electrons.